The molecule has 0 nitrogen and oxygen atoms in total. The van der Waals surface area contributed by atoms with Crippen LogP contribution in [0.4, 0.5) is 17.3 Å². The fraction of sp³-hybridized carbons (Fsp3) is 0.571. The summed E-state index contributed by atoms with van der Waals surface area (Å²) in [5, 5.41) is 1.40. The van der Waals surface area contributed by atoms with Gasteiger partial charge in [-0.25, -0.2) is 0 Å². The molecular weight excluding hydrogens is 286 g/mol. The maximum Gasteiger partial charge on any atom is 0.673 e. The lowest BCUT2D eigenvalue weighted by Gasteiger charge is -2.24. The second kappa shape index (κ2) is 6.47. The van der Waals surface area contributed by atoms with Crippen molar-refractivity contribution in [2.24, 2.45) is 0 Å². The predicted octanol–water partition coefficient (Wildman–Crippen LogP) is 4.81. The molecule has 0 aliphatic heterocycles. The Morgan fingerprint density at radius 2 is 1.00 bits per heavy atom. The number of benzene rings is 1. The van der Waals surface area contributed by atoms with E-state index in [1.54, 1.807) is 0 Å². The number of hydrogen-bond acceptors (Lipinski definition) is 0. The Morgan fingerprint density at radius 3 is 1.20 bits per heavy atom. The molecule has 0 heterocycles. The molecule has 1 unspecified atom stereocenters. The Kier molecular flexibility index (Phi) is 6.29. The molecular formula is C14H24BF4P. The first-order valence-electron chi connectivity index (χ1n) is 6.46. The van der Waals surface area contributed by atoms with Gasteiger partial charge in [-0.05, 0) is 34.1 Å². The van der Waals surface area contributed by atoms with Gasteiger partial charge in [-0.15, -0.1) is 0 Å². The van der Waals surface area contributed by atoms with Gasteiger partial charge < -0.3 is 17.3 Å². The molecule has 0 spiro atoms. The third-order valence-corrected chi connectivity index (χ3v) is 3.13. The van der Waals surface area contributed by atoms with Gasteiger partial charge in [-0.1, -0.05) is 47.6 Å². The highest BCUT2D eigenvalue weighted by Gasteiger charge is 2.21. The molecule has 0 aliphatic carbocycles. The van der Waals surface area contributed by atoms with Gasteiger partial charge in [0.05, 0.1) is 5.30 Å². The highest BCUT2D eigenvalue weighted by Crippen LogP contribution is 2.28. The molecule has 20 heavy (non-hydrogen) atoms. The Balaban J connectivity index is 0.000000621. The van der Waals surface area contributed by atoms with E-state index >= 15 is 0 Å². The first-order valence-corrected chi connectivity index (χ1v) is 7.17. The van der Waals surface area contributed by atoms with E-state index in [4.69, 9.17) is 0 Å². The van der Waals surface area contributed by atoms with Crippen molar-refractivity contribution in [3.8, 4) is 0 Å². The van der Waals surface area contributed by atoms with Crippen LogP contribution in [-0.4, -0.2) is 7.25 Å². The van der Waals surface area contributed by atoms with Crippen LogP contribution in [0, 0.1) is 0 Å². The molecule has 0 saturated carbocycles. The number of halogens is 4. The normalized spacial score (nSPS) is 12.9. The Morgan fingerprint density at radius 1 is 0.750 bits per heavy atom. The number of hydrogen-bond donors (Lipinski definition) is 0. The SMILES string of the molecule is CC(C)(C)c1cc([PH3+])cc(C(C)(C)C)c1.F[B-](F)(F)F. The number of rotatable bonds is 0. The molecule has 0 bridgehead atoms. The summed E-state index contributed by atoms with van der Waals surface area (Å²) in [5.74, 6) is 0. The zero-order chi connectivity index (χ0) is 16.4. The fourth-order valence-electron chi connectivity index (χ4n) is 1.56. The lowest BCUT2D eigenvalue weighted by atomic mass is 9.81. The predicted molar refractivity (Wildman–Crippen MR) is 84.8 cm³/mol. The molecule has 1 aromatic carbocycles. The molecule has 0 radical (unpaired) electrons. The zero-order valence-electron chi connectivity index (χ0n) is 13.0. The van der Waals surface area contributed by atoms with Crippen molar-refractivity contribution < 1.29 is 17.3 Å². The minimum atomic E-state index is -6.00. The van der Waals surface area contributed by atoms with Crippen LogP contribution in [0.15, 0.2) is 18.2 Å². The minimum Gasteiger partial charge on any atom is -0.418 e. The van der Waals surface area contributed by atoms with Crippen LogP contribution in [0.5, 0.6) is 0 Å². The van der Waals surface area contributed by atoms with Crippen LogP contribution < -0.4 is 5.30 Å². The zero-order valence-corrected chi connectivity index (χ0v) is 14.4. The molecule has 0 aromatic heterocycles. The van der Waals surface area contributed by atoms with E-state index in [0.29, 0.717) is 0 Å². The van der Waals surface area contributed by atoms with Crippen LogP contribution in [-0.2, 0) is 10.8 Å². The van der Waals surface area contributed by atoms with Crippen molar-refractivity contribution in [2.45, 2.75) is 52.4 Å². The average molecular weight is 310 g/mol. The quantitative estimate of drug-likeness (QED) is 0.366. The highest BCUT2D eigenvalue weighted by molar-refractivity contribution is 7.27. The molecule has 0 N–H and O–H groups in total. The molecule has 0 fully saturated rings. The highest BCUT2D eigenvalue weighted by atomic mass is 31.0. The van der Waals surface area contributed by atoms with Crippen LogP contribution in [0.1, 0.15) is 52.7 Å². The molecule has 1 aromatic rings. The summed E-state index contributed by atoms with van der Waals surface area (Å²) in [6.07, 6.45) is 0. The third kappa shape index (κ3) is 8.57. The summed E-state index contributed by atoms with van der Waals surface area (Å²) in [6, 6.07) is 6.98. The molecule has 116 valence electrons. The first-order chi connectivity index (χ1) is 8.60. The van der Waals surface area contributed by atoms with Gasteiger partial charge in [0.25, 0.3) is 0 Å². The second-order valence-electron chi connectivity index (χ2n) is 6.91. The second-order valence-corrected chi connectivity index (χ2v) is 7.73. The van der Waals surface area contributed by atoms with Gasteiger partial charge in [0, 0.05) is 9.24 Å². The smallest absolute Gasteiger partial charge is 0.418 e. The van der Waals surface area contributed by atoms with Gasteiger partial charge >= 0.3 is 7.25 Å². The van der Waals surface area contributed by atoms with Crippen LogP contribution in [0.3, 0.4) is 0 Å². The molecule has 0 saturated heterocycles. The molecule has 1 atom stereocenters. The molecule has 6 heteroatoms. The van der Waals surface area contributed by atoms with Gasteiger partial charge in [-0.3, -0.25) is 0 Å². The van der Waals surface area contributed by atoms with E-state index in [9.17, 15) is 17.3 Å². The summed E-state index contributed by atoms with van der Waals surface area (Å²) in [5.41, 5.74) is 3.38. The summed E-state index contributed by atoms with van der Waals surface area (Å²) in [7, 11) is -4.02. The van der Waals surface area contributed by atoms with Crippen molar-refractivity contribution in [2.75, 3.05) is 0 Å². The molecule has 0 aliphatic rings. The van der Waals surface area contributed by atoms with Crippen LogP contribution in [0.2, 0.25) is 0 Å². The van der Waals surface area contributed by atoms with Crippen molar-refractivity contribution in [3.05, 3.63) is 29.3 Å². The van der Waals surface area contributed by atoms with Crippen molar-refractivity contribution in [1.29, 1.82) is 0 Å². The van der Waals surface area contributed by atoms with E-state index in [0.717, 1.165) is 0 Å². The summed E-state index contributed by atoms with van der Waals surface area (Å²) < 4.78 is 39.0. The summed E-state index contributed by atoms with van der Waals surface area (Å²) in [4.78, 5) is 0. The van der Waals surface area contributed by atoms with E-state index in [1.807, 2.05) is 9.24 Å². The van der Waals surface area contributed by atoms with Crippen molar-refractivity contribution >= 4 is 21.8 Å². The fourth-order valence-corrected chi connectivity index (χ4v) is 2.00. The maximum absolute atomic E-state index is 9.75. The van der Waals surface area contributed by atoms with Crippen LogP contribution >= 0.6 is 9.24 Å². The summed E-state index contributed by atoms with van der Waals surface area (Å²) in [6.45, 7) is 13.7. The van der Waals surface area contributed by atoms with Gasteiger partial charge in [0.2, 0.25) is 0 Å². The topological polar surface area (TPSA) is 0 Å². The minimum absolute atomic E-state index is 0.247. The van der Waals surface area contributed by atoms with Gasteiger partial charge in [0.15, 0.2) is 0 Å². The van der Waals surface area contributed by atoms with Crippen molar-refractivity contribution in [3.63, 3.8) is 0 Å². The molecule has 1 rings (SSSR count). The largest absolute Gasteiger partial charge is 0.673 e. The first kappa shape index (κ1) is 19.4. The lowest BCUT2D eigenvalue weighted by molar-refractivity contribution is 0.368. The average Bonchev–Trinajstić information content (AvgIpc) is 2.10. The van der Waals surface area contributed by atoms with E-state index < -0.39 is 7.25 Å². The maximum atomic E-state index is 9.75. The van der Waals surface area contributed by atoms with Gasteiger partial charge in [0.1, 0.15) is 0 Å². The van der Waals surface area contributed by atoms with Crippen molar-refractivity contribution in [1.82, 2.24) is 0 Å². The van der Waals surface area contributed by atoms with E-state index in [-0.39, 0.29) is 10.8 Å². The standard InChI is InChI=1S/C14H23P.BF4/c1-13(2,3)10-7-11(14(4,5)6)9-12(15)8-10;2-1(3,4)5/h7-9H,15H2,1-6H3;/q;-1/p+1. The Hall–Kier alpha value is -0.565. The van der Waals surface area contributed by atoms with E-state index in [1.165, 1.54) is 16.4 Å². The lowest BCUT2D eigenvalue weighted by Crippen LogP contribution is -2.18. The van der Waals surface area contributed by atoms with Gasteiger partial charge in [-0.2, -0.15) is 0 Å². The Labute approximate surface area is 121 Å². The Bertz CT molecular complexity index is 404. The monoisotopic (exact) mass is 310 g/mol. The van der Waals surface area contributed by atoms with E-state index in [2.05, 4.69) is 59.7 Å². The summed E-state index contributed by atoms with van der Waals surface area (Å²) >= 11 is 0. The van der Waals surface area contributed by atoms with Crippen LogP contribution in [0.25, 0.3) is 0 Å². The third-order valence-electron chi connectivity index (χ3n) is 2.72. The molecule has 0 amide bonds.